The van der Waals surface area contributed by atoms with Crippen LogP contribution in [-0.2, 0) is 0 Å². The summed E-state index contributed by atoms with van der Waals surface area (Å²) in [6.45, 7) is 0. The smallest absolute Gasteiger partial charge is 0.123 e. The SMILES string of the molecule is Fc1ccc(N=Cc2ccc3cccccc2-3)cc1. The molecule has 1 aromatic carbocycles. The van der Waals surface area contributed by atoms with E-state index in [-0.39, 0.29) is 5.82 Å². The molecule has 2 aliphatic rings. The van der Waals surface area contributed by atoms with Gasteiger partial charge in [0.25, 0.3) is 0 Å². The van der Waals surface area contributed by atoms with Crippen LogP contribution in [0.25, 0.3) is 11.1 Å². The highest BCUT2D eigenvalue weighted by Gasteiger charge is 2.04. The van der Waals surface area contributed by atoms with E-state index in [0.717, 1.165) is 16.8 Å². The summed E-state index contributed by atoms with van der Waals surface area (Å²) < 4.78 is 12.8. The van der Waals surface area contributed by atoms with E-state index in [9.17, 15) is 4.39 Å². The predicted octanol–water partition coefficient (Wildman–Crippen LogP) is 4.68. The lowest BCUT2D eigenvalue weighted by atomic mass is 10.1. The fraction of sp³-hybridized carbons (Fsp3) is 0. The number of aliphatic imine (C=N–C) groups is 1. The van der Waals surface area contributed by atoms with Crippen LogP contribution in [0.4, 0.5) is 10.1 Å². The first-order valence-electron chi connectivity index (χ1n) is 6.10. The number of fused-ring (bicyclic) bond motifs is 1. The van der Waals surface area contributed by atoms with Gasteiger partial charge in [0.15, 0.2) is 0 Å². The normalized spacial score (nSPS) is 11.2. The van der Waals surface area contributed by atoms with Gasteiger partial charge in [0.1, 0.15) is 5.82 Å². The van der Waals surface area contributed by atoms with E-state index >= 15 is 0 Å². The van der Waals surface area contributed by atoms with Gasteiger partial charge in [0.2, 0.25) is 0 Å². The summed E-state index contributed by atoms with van der Waals surface area (Å²) in [4.78, 5) is 4.37. The standard InChI is InChI=1S/C17H12FN/c18-15-8-10-16(11-9-15)19-12-14-7-6-13-4-2-1-3-5-17(13)14/h1-12H. The molecule has 2 heteroatoms. The van der Waals surface area contributed by atoms with E-state index in [1.54, 1.807) is 12.1 Å². The van der Waals surface area contributed by atoms with Gasteiger partial charge in [-0.15, -0.1) is 0 Å². The molecule has 19 heavy (non-hydrogen) atoms. The summed E-state index contributed by atoms with van der Waals surface area (Å²) in [6, 6.07) is 20.4. The second-order valence-corrected chi connectivity index (χ2v) is 4.30. The minimum Gasteiger partial charge on any atom is -0.256 e. The van der Waals surface area contributed by atoms with Gasteiger partial charge >= 0.3 is 0 Å². The first-order valence-corrected chi connectivity index (χ1v) is 6.10. The Morgan fingerprint density at radius 1 is 0.789 bits per heavy atom. The van der Waals surface area contributed by atoms with Crippen LogP contribution in [-0.4, -0.2) is 6.21 Å². The Hall–Kier alpha value is -2.48. The van der Waals surface area contributed by atoms with Crippen molar-refractivity contribution in [3.63, 3.8) is 0 Å². The molecule has 0 aromatic heterocycles. The molecule has 0 radical (unpaired) electrons. The molecule has 2 aliphatic carbocycles. The van der Waals surface area contributed by atoms with Crippen molar-refractivity contribution in [2.45, 2.75) is 0 Å². The molecule has 0 saturated heterocycles. The lowest BCUT2D eigenvalue weighted by Crippen LogP contribution is -1.79. The Labute approximate surface area is 111 Å². The monoisotopic (exact) mass is 249 g/mol. The van der Waals surface area contributed by atoms with Crippen LogP contribution in [0.3, 0.4) is 0 Å². The van der Waals surface area contributed by atoms with Crippen LogP contribution < -0.4 is 0 Å². The van der Waals surface area contributed by atoms with Gasteiger partial charge in [-0.2, -0.15) is 0 Å². The Bertz CT molecular complexity index is 686. The second-order valence-electron chi connectivity index (χ2n) is 4.30. The van der Waals surface area contributed by atoms with Crippen molar-refractivity contribution in [2.75, 3.05) is 0 Å². The van der Waals surface area contributed by atoms with E-state index in [1.807, 2.05) is 30.5 Å². The average Bonchev–Trinajstić information content (AvgIpc) is 2.66. The minimum absolute atomic E-state index is 0.246. The van der Waals surface area contributed by atoms with Crippen LogP contribution in [0.1, 0.15) is 5.56 Å². The summed E-state index contributed by atoms with van der Waals surface area (Å²) in [5, 5.41) is 0. The molecule has 0 unspecified atom stereocenters. The molecule has 0 spiro atoms. The van der Waals surface area contributed by atoms with E-state index in [1.165, 1.54) is 17.7 Å². The first-order chi connectivity index (χ1) is 9.33. The van der Waals surface area contributed by atoms with Crippen molar-refractivity contribution in [1.82, 2.24) is 0 Å². The van der Waals surface area contributed by atoms with Gasteiger partial charge in [0.05, 0.1) is 5.69 Å². The number of rotatable bonds is 2. The highest BCUT2D eigenvalue weighted by atomic mass is 19.1. The van der Waals surface area contributed by atoms with Crippen molar-refractivity contribution in [1.29, 1.82) is 0 Å². The van der Waals surface area contributed by atoms with Gasteiger partial charge in [-0.05, 0) is 35.4 Å². The van der Waals surface area contributed by atoms with Crippen LogP contribution in [0, 0.1) is 5.82 Å². The number of hydrogen-bond acceptors (Lipinski definition) is 1. The van der Waals surface area contributed by atoms with Gasteiger partial charge in [0, 0.05) is 11.8 Å². The molecule has 1 nitrogen and oxygen atoms in total. The topological polar surface area (TPSA) is 12.4 Å². The third-order valence-electron chi connectivity index (χ3n) is 3.00. The van der Waals surface area contributed by atoms with E-state index < -0.39 is 0 Å². The number of nitrogens with zero attached hydrogens (tertiary/aromatic N) is 1. The van der Waals surface area contributed by atoms with Gasteiger partial charge < -0.3 is 0 Å². The molecule has 0 atom stereocenters. The summed E-state index contributed by atoms with van der Waals surface area (Å²) in [5.41, 5.74) is 4.16. The third kappa shape index (κ3) is 2.52. The lowest BCUT2D eigenvalue weighted by molar-refractivity contribution is 0.628. The lowest BCUT2D eigenvalue weighted by Gasteiger charge is -1.96. The summed E-state index contributed by atoms with van der Waals surface area (Å²) in [7, 11) is 0. The van der Waals surface area contributed by atoms with Crippen LogP contribution in [0.15, 0.2) is 71.7 Å². The second kappa shape index (κ2) is 5.02. The van der Waals surface area contributed by atoms with Crippen LogP contribution in [0.5, 0.6) is 0 Å². The van der Waals surface area contributed by atoms with E-state index in [0.29, 0.717) is 0 Å². The minimum atomic E-state index is -0.246. The van der Waals surface area contributed by atoms with Crippen molar-refractivity contribution in [3.8, 4) is 11.1 Å². The van der Waals surface area contributed by atoms with Crippen molar-refractivity contribution >= 4 is 11.9 Å². The molecule has 92 valence electrons. The highest BCUT2D eigenvalue weighted by molar-refractivity contribution is 5.93. The maximum absolute atomic E-state index is 12.8. The molecule has 0 N–H and O–H groups in total. The average molecular weight is 249 g/mol. The molecule has 0 amide bonds. The number of hydrogen-bond donors (Lipinski definition) is 0. The number of halogens is 1. The maximum Gasteiger partial charge on any atom is 0.123 e. The molecule has 3 rings (SSSR count). The molecule has 0 aliphatic heterocycles. The zero-order valence-corrected chi connectivity index (χ0v) is 10.3. The Balaban J connectivity index is 1.93. The molecular weight excluding hydrogens is 237 g/mol. The zero-order chi connectivity index (χ0) is 13.1. The summed E-state index contributed by atoms with van der Waals surface area (Å²) in [5.74, 6) is -0.246. The Morgan fingerprint density at radius 3 is 2.42 bits per heavy atom. The molecule has 0 heterocycles. The molecule has 0 fully saturated rings. The molecular formula is C17H12FN. The van der Waals surface area contributed by atoms with Crippen LogP contribution >= 0.6 is 0 Å². The largest absolute Gasteiger partial charge is 0.256 e. The van der Waals surface area contributed by atoms with Crippen molar-refractivity contribution < 1.29 is 4.39 Å². The van der Waals surface area contributed by atoms with E-state index in [2.05, 4.69) is 23.2 Å². The van der Waals surface area contributed by atoms with Crippen molar-refractivity contribution in [3.05, 3.63) is 78.1 Å². The van der Waals surface area contributed by atoms with E-state index in [4.69, 9.17) is 0 Å². The highest BCUT2D eigenvalue weighted by Crippen LogP contribution is 2.26. The summed E-state index contributed by atoms with van der Waals surface area (Å²) in [6.07, 6.45) is 1.82. The van der Waals surface area contributed by atoms with Gasteiger partial charge in [-0.1, -0.05) is 42.5 Å². The van der Waals surface area contributed by atoms with Crippen LogP contribution in [0.2, 0.25) is 0 Å². The summed E-state index contributed by atoms with van der Waals surface area (Å²) >= 11 is 0. The van der Waals surface area contributed by atoms with Crippen molar-refractivity contribution in [2.24, 2.45) is 4.99 Å². The van der Waals surface area contributed by atoms with Gasteiger partial charge in [-0.3, -0.25) is 4.99 Å². The maximum atomic E-state index is 12.8. The third-order valence-corrected chi connectivity index (χ3v) is 3.00. The molecule has 1 aromatic rings. The number of benzene rings is 1. The predicted molar refractivity (Wildman–Crippen MR) is 76.7 cm³/mol. The first kappa shape index (κ1) is 11.6. The zero-order valence-electron chi connectivity index (χ0n) is 10.3. The quantitative estimate of drug-likeness (QED) is 0.585. The molecule has 0 saturated carbocycles. The fourth-order valence-corrected chi connectivity index (χ4v) is 2.02. The van der Waals surface area contributed by atoms with Gasteiger partial charge in [-0.25, -0.2) is 4.39 Å². The Kier molecular flexibility index (Phi) is 3.07. The Morgan fingerprint density at radius 2 is 1.58 bits per heavy atom. The fourth-order valence-electron chi connectivity index (χ4n) is 2.02. The molecule has 0 bridgehead atoms.